The third-order valence-electron chi connectivity index (χ3n) is 5.63. The van der Waals surface area contributed by atoms with Crippen molar-refractivity contribution in [3.63, 3.8) is 0 Å². The highest BCUT2D eigenvalue weighted by Gasteiger charge is 2.50. The molecule has 4 rings (SSSR count). The Bertz CT molecular complexity index is 874. The number of hydrogen-bond acceptors (Lipinski definition) is 6. The number of carbonyl (C=O) groups excluding carboxylic acids is 2. The summed E-state index contributed by atoms with van der Waals surface area (Å²) in [7, 11) is 1.62. The second-order valence-corrected chi connectivity index (χ2v) is 7.34. The smallest absolute Gasteiger partial charge is 0.243 e. The zero-order valence-corrected chi connectivity index (χ0v) is 16.6. The van der Waals surface area contributed by atoms with Crippen LogP contribution in [0.3, 0.4) is 0 Å². The Hall–Kier alpha value is -3.16. The van der Waals surface area contributed by atoms with E-state index in [4.69, 9.17) is 4.74 Å². The molecule has 0 aliphatic carbocycles. The Labute approximate surface area is 169 Å². The average Bonchev–Trinajstić information content (AvgIpc) is 3.15. The molecule has 2 aliphatic rings. The minimum atomic E-state index is -0.297. The fraction of sp³-hybridized carbons (Fsp3) is 0.429. The van der Waals surface area contributed by atoms with Gasteiger partial charge in [-0.15, -0.1) is 0 Å². The minimum Gasteiger partial charge on any atom is -0.497 e. The van der Waals surface area contributed by atoms with Crippen LogP contribution in [0.4, 0.5) is 5.95 Å². The number of hydrogen-bond donors (Lipinski definition) is 1. The van der Waals surface area contributed by atoms with Crippen LogP contribution in [-0.4, -0.2) is 59.5 Å². The molecule has 8 nitrogen and oxygen atoms in total. The summed E-state index contributed by atoms with van der Waals surface area (Å²) in [5.74, 6) is 0.964. The Morgan fingerprint density at radius 2 is 1.97 bits per heavy atom. The van der Waals surface area contributed by atoms with Gasteiger partial charge >= 0.3 is 0 Å². The highest BCUT2D eigenvalue weighted by Crippen LogP contribution is 2.43. The summed E-state index contributed by atoms with van der Waals surface area (Å²) in [4.78, 5) is 38.4. The van der Waals surface area contributed by atoms with Gasteiger partial charge < -0.3 is 19.9 Å². The second kappa shape index (κ2) is 8.06. The standard InChI is InChI=1S/C21H25N5O3/c1-3-22-20(28)17-11-15-12-25(21-23-9-4-10-24-21)13-18(27)26(15)19(17)14-5-7-16(29-2)8-6-14/h4-10,15,17,19H,3,11-13H2,1-2H3,(H,22,28)/t15-,17-,19-/m1/s1. The maximum Gasteiger partial charge on any atom is 0.243 e. The molecule has 0 radical (unpaired) electrons. The molecular weight excluding hydrogens is 370 g/mol. The first-order chi connectivity index (χ1) is 14.1. The molecular formula is C21H25N5O3. The van der Waals surface area contributed by atoms with Gasteiger partial charge in [0.1, 0.15) is 12.3 Å². The topological polar surface area (TPSA) is 87.7 Å². The van der Waals surface area contributed by atoms with Crippen molar-refractivity contribution in [2.45, 2.75) is 25.4 Å². The van der Waals surface area contributed by atoms with E-state index in [9.17, 15) is 9.59 Å². The van der Waals surface area contributed by atoms with Gasteiger partial charge in [-0.25, -0.2) is 9.97 Å². The predicted octanol–water partition coefficient (Wildman–Crippen LogP) is 1.40. The lowest BCUT2D eigenvalue weighted by Gasteiger charge is -2.40. The number of nitrogens with zero attached hydrogens (tertiary/aromatic N) is 4. The van der Waals surface area contributed by atoms with Gasteiger partial charge in [-0.1, -0.05) is 12.1 Å². The number of amides is 2. The minimum absolute atomic E-state index is 0.0127. The van der Waals surface area contributed by atoms with Gasteiger partial charge in [-0.05, 0) is 37.1 Å². The number of piperazine rings is 1. The maximum atomic E-state index is 13.2. The van der Waals surface area contributed by atoms with Crippen molar-refractivity contribution in [3.05, 3.63) is 48.3 Å². The van der Waals surface area contributed by atoms with Crippen LogP contribution in [0.15, 0.2) is 42.7 Å². The number of aromatic nitrogens is 2. The first kappa shape index (κ1) is 19.2. The van der Waals surface area contributed by atoms with Crippen molar-refractivity contribution >= 4 is 17.8 Å². The summed E-state index contributed by atoms with van der Waals surface area (Å²) in [6, 6.07) is 9.02. The number of ether oxygens (including phenoxy) is 1. The SMILES string of the molecule is CCNC(=O)[C@@H]1C[C@@H]2CN(c3ncccn3)CC(=O)N2[C@@H]1c1ccc(OC)cc1. The maximum absolute atomic E-state index is 13.2. The fourth-order valence-electron chi connectivity index (χ4n) is 4.40. The van der Waals surface area contributed by atoms with Crippen LogP contribution < -0.4 is 15.0 Å². The van der Waals surface area contributed by atoms with Crippen molar-refractivity contribution in [3.8, 4) is 5.75 Å². The zero-order chi connectivity index (χ0) is 20.4. The molecule has 2 amide bonds. The Kier molecular flexibility index (Phi) is 5.33. The van der Waals surface area contributed by atoms with Gasteiger partial charge in [0.05, 0.1) is 25.1 Å². The number of nitrogens with one attached hydrogen (secondary N) is 1. The summed E-state index contributed by atoms with van der Waals surface area (Å²) in [5.41, 5.74) is 0.947. The number of rotatable bonds is 5. The van der Waals surface area contributed by atoms with Crippen molar-refractivity contribution in [1.82, 2.24) is 20.2 Å². The first-order valence-corrected chi connectivity index (χ1v) is 9.87. The van der Waals surface area contributed by atoms with Crippen molar-refractivity contribution in [2.24, 2.45) is 5.92 Å². The van der Waals surface area contributed by atoms with Crippen LogP contribution in [0.2, 0.25) is 0 Å². The number of benzene rings is 1. The fourth-order valence-corrected chi connectivity index (χ4v) is 4.40. The van der Waals surface area contributed by atoms with E-state index in [1.54, 1.807) is 25.6 Å². The van der Waals surface area contributed by atoms with E-state index >= 15 is 0 Å². The number of carbonyl (C=O) groups is 2. The van der Waals surface area contributed by atoms with Crippen LogP contribution in [0.25, 0.3) is 0 Å². The summed E-state index contributed by atoms with van der Waals surface area (Å²) in [6.45, 7) is 3.28. The molecule has 1 N–H and O–H groups in total. The molecule has 0 unspecified atom stereocenters. The van der Waals surface area contributed by atoms with Crippen LogP contribution in [0, 0.1) is 5.92 Å². The monoisotopic (exact) mass is 395 g/mol. The quantitative estimate of drug-likeness (QED) is 0.823. The molecule has 0 saturated carbocycles. The molecule has 8 heteroatoms. The largest absolute Gasteiger partial charge is 0.497 e. The lowest BCUT2D eigenvalue weighted by molar-refractivity contribution is -0.135. The Morgan fingerprint density at radius 1 is 1.24 bits per heavy atom. The lowest BCUT2D eigenvalue weighted by Crippen LogP contribution is -2.55. The molecule has 1 aromatic carbocycles. The molecule has 0 bridgehead atoms. The van der Waals surface area contributed by atoms with E-state index in [1.807, 2.05) is 41.0 Å². The van der Waals surface area contributed by atoms with Gasteiger partial charge in [0.25, 0.3) is 0 Å². The molecule has 0 spiro atoms. The molecule has 3 heterocycles. The molecule has 29 heavy (non-hydrogen) atoms. The van der Waals surface area contributed by atoms with Crippen molar-refractivity contribution in [2.75, 3.05) is 31.6 Å². The van der Waals surface area contributed by atoms with Gasteiger partial charge in [-0.3, -0.25) is 9.59 Å². The molecule has 2 fully saturated rings. The van der Waals surface area contributed by atoms with E-state index in [-0.39, 0.29) is 36.4 Å². The number of anilines is 1. The van der Waals surface area contributed by atoms with Gasteiger partial charge in [0.2, 0.25) is 17.8 Å². The molecule has 3 atom stereocenters. The Balaban J connectivity index is 1.65. The van der Waals surface area contributed by atoms with E-state index in [1.165, 1.54) is 0 Å². The van der Waals surface area contributed by atoms with E-state index in [0.717, 1.165) is 11.3 Å². The van der Waals surface area contributed by atoms with Crippen LogP contribution in [0.5, 0.6) is 5.75 Å². The molecule has 2 aromatic rings. The summed E-state index contributed by atoms with van der Waals surface area (Å²) < 4.78 is 5.26. The molecule has 2 aliphatic heterocycles. The normalized spacial score (nSPS) is 23.7. The third-order valence-corrected chi connectivity index (χ3v) is 5.63. The first-order valence-electron chi connectivity index (χ1n) is 9.87. The van der Waals surface area contributed by atoms with Crippen molar-refractivity contribution < 1.29 is 14.3 Å². The van der Waals surface area contributed by atoms with Crippen molar-refractivity contribution in [1.29, 1.82) is 0 Å². The second-order valence-electron chi connectivity index (χ2n) is 7.34. The highest BCUT2D eigenvalue weighted by atomic mass is 16.5. The highest BCUT2D eigenvalue weighted by molar-refractivity contribution is 5.87. The number of methoxy groups -OCH3 is 1. The number of fused-ring (bicyclic) bond motifs is 1. The van der Waals surface area contributed by atoms with E-state index in [0.29, 0.717) is 25.5 Å². The predicted molar refractivity (Wildman–Crippen MR) is 107 cm³/mol. The van der Waals surface area contributed by atoms with E-state index < -0.39 is 0 Å². The average molecular weight is 395 g/mol. The van der Waals surface area contributed by atoms with E-state index in [2.05, 4.69) is 15.3 Å². The Morgan fingerprint density at radius 3 is 2.62 bits per heavy atom. The van der Waals surface area contributed by atoms with Crippen LogP contribution in [0.1, 0.15) is 24.9 Å². The third kappa shape index (κ3) is 3.62. The van der Waals surface area contributed by atoms with Gasteiger partial charge in [0, 0.05) is 25.5 Å². The lowest BCUT2D eigenvalue weighted by atomic mass is 9.92. The van der Waals surface area contributed by atoms with Crippen LogP contribution >= 0.6 is 0 Å². The molecule has 1 aromatic heterocycles. The zero-order valence-electron chi connectivity index (χ0n) is 16.6. The van der Waals surface area contributed by atoms with Gasteiger partial charge in [-0.2, -0.15) is 0 Å². The van der Waals surface area contributed by atoms with Gasteiger partial charge in [0.15, 0.2) is 0 Å². The summed E-state index contributed by atoms with van der Waals surface area (Å²) in [5, 5.41) is 2.94. The summed E-state index contributed by atoms with van der Waals surface area (Å²) in [6.07, 6.45) is 3.95. The molecule has 2 saturated heterocycles. The molecule has 152 valence electrons. The van der Waals surface area contributed by atoms with Crippen LogP contribution in [-0.2, 0) is 9.59 Å². The summed E-state index contributed by atoms with van der Waals surface area (Å²) >= 11 is 0.